The van der Waals surface area contributed by atoms with Crippen molar-refractivity contribution in [3.05, 3.63) is 29.6 Å². The summed E-state index contributed by atoms with van der Waals surface area (Å²) in [4.78, 5) is 13.4. The SMILES string of the molecule is COC[C@@]1(CC(N)=O)CN(Cc2cc(OC)ccc2F)CCO1. The van der Waals surface area contributed by atoms with Crippen molar-refractivity contribution in [3.63, 3.8) is 0 Å². The molecule has 0 aromatic heterocycles. The number of halogens is 1. The number of amides is 1. The van der Waals surface area contributed by atoms with Gasteiger partial charge >= 0.3 is 0 Å². The zero-order valence-electron chi connectivity index (χ0n) is 13.5. The smallest absolute Gasteiger partial charge is 0.220 e. The maximum absolute atomic E-state index is 14.0. The average molecular weight is 326 g/mol. The van der Waals surface area contributed by atoms with Crippen molar-refractivity contribution in [2.75, 3.05) is 40.5 Å². The molecule has 1 atom stereocenters. The lowest BCUT2D eigenvalue weighted by Crippen LogP contribution is -2.55. The highest BCUT2D eigenvalue weighted by molar-refractivity contribution is 5.75. The minimum Gasteiger partial charge on any atom is -0.497 e. The summed E-state index contributed by atoms with van der Waals surface area (Å²) in [5.74, 6) is -0.129. The van der Waals surface area contributed by atoms with Gasteiger partial charge in [-0.15, -0.1) is 0 Å². The highest BCUT2D eigenvalue weighted by Gasteiger charge is 2.38. The summed E-state index contributed by atoms with van der Waals surface area (Å²) >= 11 is 0. The second-order valence-corrected chi connectivity index (χ2v) is 5.78. The molecule has 1 aliphatic rings. The molecular formula is C16H23FN2O4. The predicted octanol–water partition coefficient (Wildman–Crippen LogP) is 0.927. The quantitative estimate of drug-likeness (QED) is 0.807. The van der Waals surface area contributed by atoms with Gasteiger partial charge in [-0.05, 0) is 18.2 Å². The van der Waals surface area contributed by atoms with Crippen LogP contribution in [0.25, 0.3) is 0 Å². The molecule has 0 bridgehead atoms. The number of hydrogen-bond donors (Lipinski definition) is 1. The summed E-state index contributed by atoms with van der Waals surface area (Å²) in [7, 11) is 3.09. The zero-order valence-corrected chi connectivity index (χ0v) is 13.5. The average Bonchev–Trinajstić information content (AvgIpc) is 2.49. The molecule has 1 aromatic carbocycles. The highest BCUT2D eigenvalue weighted by atomic mass is 19.1. The van der Waals surface area contributed by atoms with Crippen LogP contribution < -0.4 is 10.5 Å². The van der Waals surface area contributed by atoms with E-state index in [1.807, 2.05) is 4.90 Å². The lowest BCUT2D eigenvalue weighted by Gasteiger charge is -2.41. The molecule has 1 saturated heterocycles. The Balaban J connectivity index is 2.12. The first-order valence-electron chi connectivity index (χ1n) is 7.44. The molecule has 2 N–H and O–H groups in total. The van der Waals surface area contributed by atoms with Gasteiger partial charge in [-0.3, -0.25) is 9.69 Å². The van der Waals surface area contributed by atoms with E-state index in [-0.39, 0.29) is 18.8 Å². The molecule has 2 rings (SSSR count). The van der Waals surface area contributed by atoms with Gasteiger partial charge in [-0.1, -0.05) is 0 Å². The van der Waals surface area contributed by atoms with E-state index in [1.54, 1.807) is 26.4 Å². The minimum absolute atomic E-state index is 0.0674. The monoisotopic (exact) mass is 326 g/mol. The summed E-state index contributed by atoms with van der Waals surface area (Å²) in [5.41, 5.74) is 5.08. The van der Waals surface area contributed by atoms with Gasteiger partial charge in [0.05, 0.1) is 26.7 Å². The van der Waals surface area contributed by atoms with Crippen molar-refractivity contribution in [1.29, 1.82) is 0 Å². The van der Waals surface area contributed by atoms with Crippen LogP contribution in [0.2, 0.25) is 0 Å². The van der Waals surface area contributed by atoms with Crippen LogP contribution in [0.15, 0.2) is 18.2 Å². The molecule has 128 valence electrons. The number of nitrogens with two attached hydrogens (primary N) is 1. The Bertz CT molecular complexity index is 551. The molecule has 0 unspecified atom stereocenters. The summed E-state index contributed by atoms with van der Waals surface area (Å²) in [5, 5.41) is 0. The number of carbonyl (C=O) groups excluding carboxylic acids is 1. The molecule has 7 heteroatoms. The van der Waals surface area contributed by atoms with Gasteiger partial charge in [-0.25, -0.2) is 4.39 Å². The fourth-order valence-electron chi connectivity index (χ4n) is 2.92. The van der Waals surface area contributed by atoms with Crippen LogP contribution in [0.4, 0.5) is 4.39 Å². The van der Waals surface area contributed by atoms with E-state index in [9.17, 15) is 9.18 Å². The van der Waals surface area contributed by atoms with E-state index in [0.29, 0.717) is 37.6 Å². The van der Waals surface area contributed by atoms with Crippen molar-refractivity contribution in [1.82, 2.24) is 4.90 Å². The number of carbonyl (C=O) groups is 1. The largest absolute Gasteiger partial charge is 0.497 e. The molecule has 6 nitrogen and oxygen atoms in total. The summed E-state index contributed by atoms with van der Waals surface area (Å²) in [6.45, 7) is 2.17. The van der Waals surface area contributed by atoms with Gasteiger partial charge in [-0.2, -0.15) is 0 Å². The maximum Gasteiger partial charge on any atom is 0.220 e. The number of ether oxygens (including phenoxy) is 3. The van der Waals surface area contributed by atoms with Crippen LogP contribution in [0.1, 0.15) is 12.0 Å². The van der Waals surface area contributed by atoms with Gasteiger partial charge in [0, 0.05) is 32.3 Å². The van der Waals surface area contributed by atoms with Gasteiger partial charge in [0.25, 0.3) is 0 Å². The second-order valence-electron chi connectivity index (χ2n) is 5.78. The number of rotatable bonds is 7. The van der Waals surface area contributed by atoms with E-state index in [1.165, 1.54) is 6.07 Å². The van der Waals surface area contributed by atoms with Gasteiger partial charge in [0.1, 0.15) is 17.2 Å². The third kappa shape index (κ3) is 4.63. The molecule has 1 amide bonds. The molecule has 1 fully saturated rings. The van der Waals surface area contributed by atoms with Crippen LogP contribution in [0.5, 0.6) is 5.75 Å². The van der Waals surface area contributed by atoms with Crippen LogP contribution >= 0.6 is 0 Å². The highest BCUT2D eigenvalue weighted by Crippen LogP contribution is 2.25. The van der Waals surface area contributed by atoms with Crippen molar-refractivity contribution in [2.45, 2.75) is 18.6 Å². The molecule has 0 aliphatic carbocycles. The normalized spacial score (nSPS) is 22.0. The van der Waals surface area contributed by atoms with Crippen LogP contribution in [0.3, 0.4) is 0 Å². The fourth-order valence-corrected chi connectivity index (χ4v) is 2.92. The Morgan fingerprint density at radius 1 is 1.48 bits per heavy atom. The lowest BCUT2D eigenvalue weighted by molar-refractivity contribution is -0.154. The third-order valence-electron chi connectivity index (χ3n) is 3.88. The number of nitrogens with zero attached hydrogens (tertiary/aromatic N) is 1. The van der Waals surface area contributed by atoms with Crippen LogP contribution in [-0.4, -0.2) is 56.9 Å². The van der Waals surface area contributed by atoms with E-state index in [0.717, 1.165) is 0 Å². The molecule has 1 heterocycles. The molecule has 0 spiro atoms. The maximum atomic E-state index is 14.0. The van der Waals surface area contributed by atoms with Gasteiger partial charge in [0.15, 0.2) is 0 Å². The van der Waals surface area contributed by atoms with Crippen molar-refractivity contribution < 1.29 is 23.4 Å². The standard InChI is InChI=1S/C16H23FN2O4/c1-21-11-16(8-15(18)20)10-19(5-6-23-16)9-12-7-13(22-2)3-4-14(12)17/h3-4,7H,5-6,8-11H2,1-2H3,(H2,18,20)/t16-/m1/s1. The Morgan fingerprint density at radius 3 is 2.91 bits per heavy atom. The molecule has 0 saturated carbocycles. The summed E-state index contributed by atoms with van der Waals surface area (Å²) < 4.78 is 30.1. The number of benzene rings is 1. The van der Waals surface area contributed by atoms with Crippen LogP contribution in [0, 0.1) is 5.82 Å². The molecule has 1 aromatic rings. The first kappa shape index (κ1) is 17.7. The van der Waals surface area contributed by atoms with Gasteiger partial charge < -0.3 is 19.9 Å². The number of hydrogen-bond acceptors (Lipinski definition) is 5. The van der Waals surface area contributed by atoms with E-state index in [2.05, 4.69) is 0 Å². The topological polar surface area (TPSA) is 74.0 Å². The van der Waals surface area contributed by atoms with E-state index in [4.69, 9.17) is 19.9 Å². The van der Waals surface area contributed by atoms with Crippen LogP contribution in [-0.2, 0) is 20.8 Å². The van der Waals surface area contributed by atoms with Crippen molar-refractivity contribution in [3.8, 4) is 5.75 Å². The Kier molecular flexibility index (Phi) is 5.92. The van der Waals surface area contributed by atoms with Gasteiger partial charge in [0.2, 0.25) is 5.91 Å². The number of primary amides is 1. The predicted molar refractivity (Wildman–Crippen MR) is 82.6 cm³/mol. The lowest BCUT2D eigenvalue weighted by atomic mass is 9.97. The molecule has 1 aliphatic heterocycles. The number of methoxy groups -OCH3 is 2. The molecule has 23 heavy (non-hydrogen) atoms. The Morgan fingerprint density at radius 2 is 2.26 bits per heavy atom. The fraction of sp³-hybridized carbons (Fsp3) is 0.562. The van der Waals surface area contributed by atoms with E-state index < -0.39 is 11.5 Å². The first-order valence-corrected chi connectivity index (χ1v) is 7.44. The third-order valence-corrected chi connectivity index (χ3v) is 3.88. The summed E-state index contributed by atoms with van der Waals surface area (Å²) in [6, 6.07) is 4.65. The molecule has 0 radical (unpaired) electrons. The second kappa shape index (κ2) is 7.72. The Hall–Kier alpha value is -1.70. The van der Waals surface area contributed by atoms with Crippen molar-refractivity contribution >= 4 is 5.91 Å². The van der Waals surface area contributed by atoms with E-state index >= 15 is 0 Å². The molecular weight excluding hydrogens is 303 g/mol. The van der Waals surface area contributed by atoms with Crippen molar-refractivity contribution in [2.24, 2.45) is 5.73 Å². The zero-order chi connectivity index (χ0) is 16.9. The Labute approximate surface area is 135 Å². The minimum atomic E-state index is -0.784. The summed E-state index contributed by atoms with van der Waals surface area (Å²) in [6.07, 6.45) is 0.0674. The first-order chi connectivity index (χ1) is 11.0. The number of morpholine rings is 1.